The van der Waals surface area contributed by atoms with E-state index in [2.05, 4.69) is 9.71 Å². The van der Waals surface area contributed by atoms with Crippen LogP contribution in [0.5, 0.6) is 0 Å². The zero-order valence-corrected chi connectivity index (χ0v) is 19.3. The molecule has 34 heavy (non-hydrogen) atoms. The molecule has 0 saturated carbocycles. The zero-order chi connectivity index (χ0) is 24.1. The molecule has 1 saturated heterocycles. The van der Waals surface area contributed by atoms with Crippen LogP contribution in [0.3, 0.4) is 0 Å². The lowest BCUT2D eigenvalue weighted by molar-refractivity contribution is -0.137. The molecule has 5 rings (SSSR count). The summed E-state index contributed by atoms with van der Waals surface area (Å²) in [6.45, 7) is 0.859. The largest absolute Gasteiger partial charge is 0.416 e. The summed E-state index contributed by atoms with van der Waals surface area (Å²) in [4.78, 5) is 20.4. The van der Waals surface area contributed by atoms with Crippen LogP contribution >= 0.6 is 11.3 Å². The molecule has 1 fully saturated rings. The molecular weight excluding hydrogens is 489 g/mol. The number of anilines is 3. The SMILES string of the molecule is O=C1[C@@H](N2CCc3ccc(C(F)(F)F)cc32)CCN1c1ccc(S(=O)(=O)Nc2nccs2)cc1.[HH]. The number of thiazole rings is 1. The fraction of sp³-hybridized carbons (Fsp3) is 0.273. The molecule has 2 aliphatic rings. The zero-order valence-electron chi connectivity index (χ0n) is 17.6. The number of nitrogens with zero attached hydrogens (tertiary/aromatic N) is 3. The quantitative estimate of drug-likeness (QED) is 0.551. The van der Waals surface area contributed by atoms with Crippen molar-refractivity contribution in [3.63, 3.8) is 0 Å². The highest BCUT2D eigenvalue weighted by Crippen LogP contribution is 2.39. The molecule has 12 heteroatoms. The monoisotopic (exact) mass is 510 g/mol. The van der Waals surface area contributed by atoms with Crippen molar-refractivity contribution in [2.45, 2.75) is 30.0 Å². The van der Waals surface area contributed by atoms with Crippen molar-refractivity contribution in [3.8, 4) is 0 Å². The van der Waals surface area contributed by atoms with Gasteiger partial charge in [-0.1, -0.05) is 6.07 Å². The number of alkyl halides is 3. The average molecular weight is 511 g/mol. The molecule has 1 N–H and O–H groups in total. The van der Waals surface area contributed by atoms with Crippen molar-refractivity contribution in [2.75, 3.05) is 27.6 Å². The van der Waals surface area contributed by atoms with Gasteiger partial charge >= 0.3 is 6.18 Å². The van der Waals surface area contributed by atoms with Gasteiger partial charge < -0.3 is 9.80 Å². The van der Waals surface area contributed by atoms with Gasteiger partial charge in [0.25, 0.3) is 10.0 Å². The van der Waals surface area contributed by atoms with Crippen LogP contribution in [-0.2, 0) is 27.4 Å². The highest BCUT2D eigenvalue weighted by atomic mass is 32.2. The van der Waals surface area contributed by atoms with Gasteiger partial charge in [-0.05, 0) is 54.8 Å². The van der Waals surface area contributed by atoms with Crippen molar-refractivity contribution in [3.05, 3.63) is 65.2 Å². The highest BCUT2D eigenvalue weighted by molar-refractivity contribution is 7.93. The average Bonchev–Trinajstić information content (AvgIpc) is 3.52. The molecule has 3 heterocycles. The van der Waals surface area contributed by atoms with Gasteiger partial charge in [-0.25, -0.2) is 13.4 Å². The van der Waals surface area contributed by atoms with E-state index in [0.29, 0.717) is 37.3 Å². The maximum Gasteiger partial charge on any atom is 0.416 e. The van der Waals surface area contributed by atoms with Crippen molar-refractivity contribution >= 4 is 43.8 Å². The standard InChI is InChI=1S/C22H19F3N4O3S2.H2/c23-22(24,25)15-2-1-14-7-10-29(19(14)13-15)18-8-11-28(20(18)30)16-3-5-17(6-4-16)34(31,32)27-21-26-9-12-33-21;/h1-6,9,12-13,18H,7-8,10-11H2,(H,26,27);1H/t18-;/m0./s1. The van der Waals surface area contributed by atoms with Gasteiger partial charge in [0, 0.05) is 37.5 Å². The number of sulfonamides is 1. The molecule has 0 unspecified atom stereocenters. The van der Waals surface area contributed by atoms with Crippen LogP contribution in [0.25, 0.3) is 0 Å². The minimum absolute atomic E-state index is 0. The van der Waals surface area contributed by atoms with Crippen LogP contribution < -0.4 is 14.5 Å². The van der Waals surface area contributed by atoms with Crippen LogP contribution in [0.1, 0.15) is 19.0 Å². The maximum atomic E-state index is 13.2. The lowest BCUT2D eigenvalue weighted by Crippen LogP contribution is -2.41. The van der Waals surface area contributed by atoms with E-state index in [1.807, 2.05) is 0 Å². The molecule has 1 atom stereocenters. The molecular formula is C22H21F3N4O3S2. The Morgan fingerprint density at radius 1 is 1.12 bits per heavy atom. The number of hydrogen-bond donors (Lipinski definition) is 1. The Labute approximate surface area is 199 Å². The number of hydrogen-bond acceptors (Lipinski definition) is 6. The number of amides is 1. The van der Waals surface area contributed by atoms with Gasteiger partial charge in [0.05, 0.1) is 10.5 Å². The van der Waals surface area contributed by atoms with Crippen molar-refractivity contribution in [2.24, 2.45) is 0 Å². The highest BCUT2D eigenvalue weighted by Gasteiger charge is 2.40. The molecule has 1 amide bonds. The number of nitrogens with one attached hydrogen (secondary N) is 1. The predicted molar refractivity (Wildman–Crippen MR) is 125 cm³/mol. The molecule has 2 aromatic carbocycles. The molecule has 2 aliphatic heterocycles. The Morgan fingerprint density at radius 2 is 1.88 bits per heavy atom. The molecule has 0 bridgehead atoms. The first kappa shape index (κ1) is 22.7. The summed E-state index contributed by atoms with van der Waals surface area (Å²) in [5.74, 6) is -0.221. The third-order valence-corrected chi connectivity index (χ3v) is 8.18. The third kappa shape index (κ3) is 4.11. The summed E-state index contributed by atoms with van der Waals surface area (Å²) >= 11 is 1.16. The normalized spacial score (nSPS) is 18.4. The Morgan fingerprint density at radius 3 is 2.56 bits per heavy atom. The molecule has 0 spiro atoms. The number of rotatable bonds is 5. The second kappa shape index (κ2) is 8.27. The minimum Gasteiger partial charge on any atom is -0.359 e. The summed E-state index contributed by atoms with van der Waals surface area (Å²) in [6.07, 6.45) is -1.93. The van der Waals surface area contributed by atoms with Crippen LogP contribution in [0.2, 0.25) is 0 Å². The summed E-state index contributed by atoms with van der Waals surface area (Å²) in [5, 5.41) is 1.90. The first-order valence-corrected chi connectivity index (χ1v) is 12.8. The summed E-state index contributed by atoms with van der Waals surface area (Å²) in [5.41, 5.74) is 1.04. The minimum atomic E-state index is -4.45. The molecule has 0 aliphatic carbocycles. The van der Waals surface area contributed by atoms with E-state index in [1.54, 1.807) is 27.3 Å². The maximum absolute atomic E-state index is 13.2. The molecule has 180 valence electrons. The fourth-order valence-corrected chi connectivity index (χ4v) is 6.16. The Kier molecular flexibility index (Phi) is 5.52. The smallest absolute Gasteiger partial charge is 0.359 e. The second-order valence-corrected chi connectivity index (χ2v) is 10.6. The van der Waals surface area contributed by atoms with E-state index in [4.69, 9.17) is 0 Å². The van der Waals surface area contributed by atoms with Gasteiger partial charge in [-0.15, -0.1) is 11.3 Å². The first-order chi connectivity index (χ1) is 16.1. The number of benzene rings is 2. The first-order valence-electron chi connectivity index (χ1n) is 10.4. The predicted octanol–water partition coefficient (Wildman–Crippen LogP) is 4.38. The van der Waals surface area contributed by atoms with Gasteiger partial charge in [-0.3, -0.25) is 9.52 Å². The summed E-state index contributed by atoms with van der Waals surface area (Å²) in [6, 6.07) is 9.03. The molecule has 3 aromatic rings. The third-order valence-electron chi connectivity index (χ3n) is 6.01. The van der Waals surface area contributed by atoms with E-state index in [9.17, 15) is 26.4 Å². The van der Waals surface area contributed by atoms with Crippen LogP contribution in [0.4, 0.5) is 29.7 Å². The number of fused-ring (bicyclic) bond motifs is 1. The van der Waals surface area contributed by atoms with Crippen molar-refractivity contribution in [1.29, 1.82) is 0 Å². The molecule has 7 nitrogen and oxygen atoms in total. The van der Waals surface area contributed by atoms with Crippen LogP contribution in [-0.4, -0.2) is 38.4 Å². The van der Waals surface area contributed by atoms with Crippen molar-refractivity contribution < 1.29 is 27.8 Å². The second-order valence-electron chi connectivity index (χ2n) is 8.02. The number of halogens is 3. The Hall–Kier alpha value is -3.12. The Bertz CT molecular complexity index is 1330. The number of aromatic nitrogens is 1. The fourth-order valence-electron chi connectivity index (χ4n) is 4.37. The van der Waals surface area contributed by atoms with Crippen LogP contribution in [0, 0.1) is 0 Å². The van der Waals surface area contributed by atoms with E-state index in [1.165, 1.54) is 24.4 Å². The van der Waals surface area contributed by atoms with E-state index in [-0.39, 0.29) is 17.4 Å². The Balaban J connectivity index is 0.00000289. The van der Waals surface area contributed by atoms with E-state index >= 15 is 0 Å². The molecule has 1 aromatic heterocycles. The van der Waals surface area contributed by atoms with E-state index in [0.717, 1.165) is 29.0 Å². The lowest BCUT2D eigenvalue weighted by atomic mass is 10.1. The van der Waals surface area contributed by atoms with E-state index < -0.39 is 27.8 Å². The topological polar surface area (TPSA) is 82.6 Å². The van der Waals surface area contributed by atoms with Gasteiger partial charge in [0.15, 0.2) is 5.13 Å². The van der Waals surface area contributed by atoms with Crippen molar-refractivity contribution in [1.82, 2.24) is 4.98 Å². The number of carbonyl (C=O) groups is 1. The summed E-state index contributed by atoms with van der Waals surface area (Å²) in [7, 11) is -3.82. The summed E-state index contributed by atoms with van der Waals surface area (Å²) < 4.78 is 67.0. The number of carbonyl (C=O) groups excluding carboxylic acids is 1. The lowest BCUT2D eigenvalue weighted by Gasteiger charge is -2.26. The molecule has 0 radical (unpaired) electrons. The van der Waals surface area contributed by atoms with Gasteiger partial charge in [0.1, 0.15) is 6.04 Å². The van der Waals surface area contributed by atoms with Crippen LogP contribution in [0.15, 0.2) is 58.9 Å². The van der Waals surface area contributed by atoms with Gasteiger partial charge in [-0.2, -0.15) is 13.2 Å². The van der Waals surface area contributed by atoms with Gasteiger partial charge in [0.2, 0.25) is 5.91 Å².